The zero-order chi connectivity index (χ0) is 14.3. The van der Waals surface area contributed by atoms with Crippen molar-refractivity contribution in [1.29, 1.82) is 0 Å². The van der Waals surface area contributed by atoms with Crippen molar-refractivity contribution >= 4 is 21.8 Å². The Bertz CT molecular complexity index is 341. The third-order valence-electron chi connectivity index (χ3n) is 3.18. The molecule has 7 heteroatoms. The summed E-state index contributed by atoms with van der Waals surface area (Å²) < 4.78 is 26.7. The first kappa shape index (κ1) is 17.2. The molecule has 0 aromatic rings. The summed E-state index contributed by atoms with van der Waals surface area (Å²) in [5.74, 6) is 2.31. The summed E-state index contributed by atoms with van der Waals surface area (Å²) >= 11 is 1.96. The molecular formula is C12H27N3O2S2. The number of hydrogen-bond acceptors (Lipinski definition) is 5. The van der Waals surface area contributed by atoms with Crippen LogP contribution in [0, 0.1) is 0 Å². The topological polar surface area (TPSA) is 61.4 Å². The van der Waals surface area contributed by atoms with Gasteiger partial charge in [-0.2, -0.15) is 11.8 Å². The Balaban J connectivity index is 2.25. The fraction of sp³-hybridized carbons (Fsp3) is 1.00. The largest absolute Gasteiger partial charge is 0.313 e. The van der Waals surface area contributed by atoms with Gasteiger partial charge in [0.25, 0.3) is 0 Å². The predicted molar refractivity (Wildman–Crippen MR) is 83.3 cm³/mol. The fourth-order valence-corrected chi connectivity index (χ4v) is 3.78. The lowest BCUT2D eigenvalue weighted by Crippen LogP contribution is -2.44. The molecule has 0 spiro atoms. The molecule has 1 rings (SSSR count). The molecule has 1 aliphatic heterocycles. The monoisotopic (exact) mass is 309 g/mol. The van der Waals surface area contributed by atoms with E-state index in [-0.39, 0.29) is 0 Å². The quantitative estimate of drug-likeness (QED) is 0.677. The van der Waals surface area contributed by atoms with E-state index in [1.54, 1.807) is 6.92 Å². The molecule has 5 nitrogen and oxygen atoms in total. The number of sulfonamides is 1. The van der Waals surface area contributed by atoms with E-state index in [0.717, 1.165) is 31.1 Å². The van der Waals surface area contributed by atoms with Gasteiger partial charge in [-0.05, 0) is 6.92 Å². The molecule has 0 aromatic heterocycles. The first-order valence-corrected chi connectivity index (χ1v) is 9.64. The second-order valence-electron chi connectivity index (χ2n) is 5.27. The molecule has 1 aliphatic rings. The first-order chi connectivity index (χ1) is 8.92. The third-order valence-corrected chi connectivity index (χ3v) is 5.95. The van der Waals surface area contributed by atoms with E-state index in [4.69, 9.17) is 0 Å². The van der Waals surface area contributed by atoms with Crippen LogP contribution in [-0.2, 0) is 10.0 Å². The van der Waals surface area contributed by atoms with Crippen LogP contribution in [0.1, 0.15) is 20.8 Å². The molecule has 1 heterocycles. The highest BCUT2D eigenvalue weighted by Crippen LogP contribution is 2.08. The van der Waals surface area contributed by atoms with Gasteiger partial charge in [-0.3, -0.25) is 0 Å². The van der Waals surface area contributed by atoms with Crippen LogP contribution in [0.25, 0.3) is 0 Å². The van der Waals surface area contributed by atoms with Crippen molar-refractivity contribution in [3.05, 3.63) is 0 Å². The van der Waals surface area contributed by atoms with Crippen LogP contribution in [0.2, 0.25) is 0 Å². The molecule has 0 radical (unpaired) electrons. The molecule has 1 saturated heterocycles. The van der Waals surface area contributed by atoms with E-state index < -0.39 is 15.3 Å². The lowest BCUT2D eigenvalue weighted by Gasteiger charge is -2.26. The summed E-state index contributed by atoms with van der Waals surface area (Å²) in [7, 11) is -3.20. The molecule has 1 atom stereocenters. The van der Waals surface area contributed by atoms with Crippen LogP contribution in [0.5, 0.6) is 0 Å². The maximum atomic E-state index is 12.0. The highest BCUT2D eigenvalue weighted by molar-refractivity contribution is 7.99. The summed E-state index contributed by atoms with van der Waals surface area (Å²) in [5.41, 5.74) is 0. The SMILES string of the molecule is CC(C)NCC(C)S(=O)(=O)NCCN1CCSCC1. The van der Waals surface area contributed by atoms with Crippen LogP contribution in [0.15, 0.2) is 0 Å². The fourth-order valence-electron chi connectivity index (χ4n) is 1.82. The summed E-state index contributed by atoms with van der Waals surface area (Å²) in [5, 5.41) is 2.76. The van der Waals surface area contributed by atoms with E-state index >= 15 is 0 Å². The predicted octanol–water partition coefficient (Wildman–Crippen LogP) is 0.341. The van der Waals surface area contributed by atoms with E-state index in [1.807, 2.05) is 25.6 Å². The molecule has 1 unspecified atom stereocenters. The van der Waals surface area contributed by atoms with Crippen LogP contribution in [0.4, 0.5) is 0 Å². The smallest absolute Gasteiger partial charge is 0.215 e. The molecule has 114 valence electrons. The van der Waals surface area contributed by atoms with E-state index in [2.05, 4.69) is 14.9 Å². The van der Waals surface area contributed by atoms with Gasteiger partial charge in [0.15, 0.2) is 0 Å². The Morgan fingerprint density at radius 3 is 2.42 bits per heavy atom. The molecule has 0 aromatic carbocycles. The zero-order valence-corrected chi connectivity index (χ0v) is 13.8. The molecule has 0 aliphatic carbocycles. The Morgan fingerprint density at radius 2 is 1.84 bits per heavy atom. The second kappa shape index (κ2) is 8.46. The van der Waals surface area contributed by atoms with Gasteiger partial charge in [0.2, 0.25) is 10.0 Å². The molecule has 0 amide bonds. The van der Waals surface area contributed by atoms with Crippen molar-refractivity contribution in [1.82, 2.24) is 14.9 Å². The Kier molecular flexibility index (Phi) is 7.68. The first-order valence-electron chi connectivity index (χ1n) is 6.94. The van der Waals surface area contributed by atoms with Gasteiger partial charge < -0.3 is 10.2 Å². The lowest BCUT2D eigenvalue weighted by molar-refractivity contribution is 0.307. The van der Waals surface area contributed by atoms with Gasteiger partial charge in [0.1, 0.15) is 0 Å². The lowest BCUT2D eigenvalue weighted by atomic mass is 10.3. The third kappa shape index (κ3) is 6.94. The summed E-state index contributed by atoms with van der Waals surface area (Å²) in [6.45, 7) is 9.72. The summed E-state index contributed by atoms with van der Waals surface area (Å²) in [6, 6.07) is 0.309. The summed E-state index contributed by atoms with van der Waals surface area (Å²) in [4.78, 5) is 2.32. The Hall–Kier alpha value is 0.180. The molecule has 1 fully saturated rings. The van der Waals surface area contributed by atoms with Crippen molar-refractivity contribution in [3.63, 3.8) is 0 Å². The molecule has 19 heavy (non-hydrogen) atoms. The van der Waals surface area contributed by atoms with Gasteiger partial charge in [-0.15, -0.1) is 0 Å². The maximum Gasteiger partial charge on any atom is 0.215 e. The zero-order valence-electron chi connectivity index (χ0n) is 12.2. The highest BCUT2D eigenvalue weighted by atomic mass is 32.2. The van der Waals surface area contributed by atoms with Crippen molar-refractivity contribution in [2.24, 2.45) is 0 Å². The van der Waals surface area contributed by atoms with Gasteiger partial charge in [0.05, 0.1) is 5.25 Å². The Morgan fingerprint density at radius 1 is 1.21 bits per heavy atom. The highest BCUT2D eigenvalue weighted by Gasteiger charge is 2.20. The molecular weight excluding hydrogens is 282 g/mol. The van der Waals surface area contributed by atoms with Crippen molar-refractivity contribution in [3.8, 4) is 0 Å². The average Bonchev–Trinajstić information content (AvgIpc) is 2.36. The number of thioether (sulfide) groups is 1. The molecule has 0 bridgehead atoms. The van der Waals surface area contributed by atoms with E-state index in [0.29, 0.717) is 19.1 Å². The second-order valence-corrected chi connectivity index (χ2v) is 8.68. The average molecular weight is 310 g/mol. The van der Waals surface area contributed by atoms with E-state index in [1.165, 1.54) is 0 Å². The minimum Gasteiger partial charge on any atom is -0.313 e. The number of hydrogen-bond donors (Lipinski definition) is 2. The normalized spacial score (nSPS) is 19.8. The van der Waals surface area contributed by atoms with Crippen LogP contribution in [0.3, 0.4) is 0 Å². The van der Waals surface area contributed by atoms with Gasteiger partial charge in [-0.25, -0.2) is 13.1 Å². The number of rotatable bonds is 8. The number of nitrogens with zero attached hydrogens (tertiary/aromatic N) is 1. The minimum atomic E-state index is -3.20. The molecule has 2 N–H and O–H groups in total. The van der Waals surface area contributed by atoms with Gasteiger partial charge in [-0.1, -0.05) is 13.8 Å². The van der Waals surface area contributed by atoms with Gasteiger partial charge >= 0.3 is 0 Å². The van der Waals surface area contributed by atoms with Crippen molar-refractivity contribution in [2.75, 3.05) is 44.2 Å². The standard InChI is InChI=1S/C12H27N3O2S2/c1-11(2)13-10-12(3)19(16,17)14-4-5-15-6-8-18-9-7-15/h11-14H,4-10H2,1-3H3. The summed E-state index contributed by atoms with van der Waals surface area (Å²) in [6.07, 6.45) is 0. The number of nitrogens with one attached hydrogen (secondary N) is 2. The Labute approximate surface area is 121 Å². The maximum absolute atomic E-state index is 12.0. The molecule has 0 saturated carbocycles. The minimum absolute atomic E-state index is 0.309. The van der Waals surface area contributed by atoms with Crippen molar-refractivity contribution < 1.29 is 8.42 Å². The van der Waals surface area contributed by atoms with Crippen molar-refractivity contribution in [2.45, 2.75) is 32.1 Å². The van der Waals surface area contributed by atoms with Crippen LogP contribution >= 0.6 is 11.8 Å². The van der Waals surface area contributed by atoms with Crippen LogP contribution in [-0.4, -0.2) is 68.8 Å². The van der Waals surface area contributed by atoms with Crippen LogP contribution < -0.4 is 10.0 Å². The van der Waals surface area contributed by atoms with Gasteiger partial charge in [0, 0.05) is 50.3 Å². The van der Waals surface area contributed by atoms with E-state index in [9.17, 15) is 8.42 Å².